The molecule has 9 heteroatoms. The molecule has 30 heavy (non-hydrogen) atoms. The number of hydrogen-bond acceptors (Lipinski definition) is 5. The minimum absolute atomic E-state index is 0.0556. The van der Waals surface area contributed by atoms with Gasteiger partial charge in [0.05, 0.1) is 28.4 Å². The van der Waals surface area contributed by atoms with E-state index in [9.17, 15) is 14.0 Å². The number of thiocarbonyl (C=S) groups is 1. The molecular formula is C21H22ClFN2O4S. The predicted molar refractivity (Wildman–Crippen MR) is 119 cm³/mol. The van der Waals surface area contributed by atoms with Gasteiger partial charge in [-0.25, -0.2) is 14.0 Å². The molecule has 0 aliphatic heterocycles. The van der Waals surface area contributed by atoms with Gasteiger partial charge in [-0.3, -0.25) is 0 Å². The summed E-state index contributed by atoms with van der Waals surface area (Å²) < 4.78 is 23.7. The Morgan fingerprint density at radius 1 is 0.900 bits per heavy atom. The molecule has 0 bridgehead atoms. The Morgan fingerprint density at radius 3 is 1.87 bits per heavy atom. The molecule has 2 N–H and O–H groups in total. The van der Waals surface area contributed by atoms with Gasteiger partial charge in [0.2, 0.25) is 0 Å². The number of hydrogen-bond donors (Lipinski definition) is 2. The van der Waals surface area contributed by atoms with Crippen LogP contribution in [0.5, 0.6) is 0 Å². The van der Waals surface area contributed by atoms with Gasteiger partial charge < -0.3 is 20.1 Å². The Hall–Kier alpha value is -2.71. The highest BCUT2D eigenvalue weighted by atomic mass is 35.5. The lowest BCUT2D eigenvalue weighted by Gasteiger charge is -2.15. The molecule has 0 atom stereocenters. The van der Waals surface area contributed by atoms with Crippen molar-refractivity contribution >= 4 is 52.2 Å². The van der Waals surface area contributed by atoms with Crippen LogP contribution in [-0.2, 0) is 9.47 Å². The maximum absolute atomic E-state index is 13.3. The average molecular weight is 453 g/mol. The highest BCUT2D eigenvalue weighted by Gasteiger charge is 2.17. The van der Waals surface area contributed by atoms with Gasteiger partial charge in [0, 0.05) is 11.4 Å². The molecular weight excluding hydrogens is 431 g/mol. The Bertz CT molecular complexity index is 926. The van der Waals surface area contributed by atoms with E-state index >= 15 is 0 Å². The summed E-state index contributed by atoms with van der Waals surface area (Å²) in [5, 5.41) is 5.84. The van der Waals surface area contributed by atoms with Crippen molar-refractivity contribution in [3.63, 3.8) is 0 Å². The molecule has 0 aliphatic rings. The molecule has 0 spiro atoms. The topological polar surface area (TPSA) is 76.7 Å². The second-order valence-electron chi connectivity index (χ2n) is 6.92. The van der Waals surface area contributed by atoms with Crippen LogP contribution in [0.1, 0.15) is 48.4 Å². The van der Waals surface area contributed by atoms with Gasteiger partial charge in [0.1, 0.15) is 5.82 Å². The van der Waals surface area contributed by atoms with Crippen LogP contribution < -0.4 is 10.6 Å². The van der Waals surface area contributed by atoms with Gasteiger partial charge in [-0.2, -0.15) is 0 Å². The first-order valence-corrected chi connectivity index (χ1v) is 9.94. The summed E-state index contributed by atoms with van der Waals surface area (Å²) in [6.45, 7) is 6.89. The third kappa shape index (κ3) is 6.96. The smallest absolute Gasteiger partial charge is 0.338 e. The lowest BCUT2D eigenvalue weighted by Crippen LogP contribution is -2.20. The molecule has 0 saturated carbocycles. The second-order valence-corrected chi connectivity index (χ2v) is 7.73. The highest BCUT2D eigenvalue weighted by molar-refractivity contribution is 7.80. The molecule has 0 radical (unpaired) electrons. The molecule has 0 saturated heterocycles. The lowest BCUT2D eigenvalue weighted by atomic mass is 10.1. The number of anilines is 2. The van der Waals surface area contributed by atoms with Gasteiger partial charge in [0.25, 0.3) is 0 Å². The number of halogens is 2. The van der Waals surface area contributed by atoms with E-state index in [0.29, 0.717) is 11.4 Å². The van der Waals surface area contributed by atoms with Crippen molar-refractivity contribution in [1.82, 2.24) is 0 Å². The number of carbonyl (C=O) groups is 2. The number of benzene rings is 2. The van der Waals surface area contributed by atoms with E-state index < -0.39 is 17.8 Å². The number of nitrogens with one attached hydrogen (secondary N) is 2. The molecule has 0 amide bonds. The van der Waals surface area contributed by atoms with Crippen LogP contribution in [0.3, 0.4) is 0 Å². The number of rotatable bonds is 6. The first-order chi connectivity index (χ1) is 14.0. The molecule has 6 nitrogen and oxygen atoms in total. The minimum atomic E-state index is -0.587. The summed E-state index contributed by atoms with van der Waals surface area (Å²) in [5.41, 5.74) is 1.16. The van der Waals surface area contributed by atoms with Crippen molar-refractivity contribution < 1.29 is 23.5 Å². The zero-order chi connectivity index (χ0) is 22.4. The van der Waals surface area contributed by atoms with E-state index in [2.05, 4.69) is 10.6 Å². The van der Waals surface area contributed by atoms with E-state index in [1.807, 2.05) is 0 Å². The molecule has 0 unspecified atom stereocenters. The molecule has 2 rings (SSSR count). The normalized spacial score (nSPS) is 10.7. The Labute approximate surface area is 184 Å². The molecule has 2 aromatic carbocycles. The standard InChI is InChI=1S/C21H22ClFN2O4S/c1-11(2)28-19(26)13-7-14(20(27)29-12(3)4)9-16(8-13)25-21(30)24-15-5-6-18(23)17(22)10-15/h5-12H,1-4H3,(H2,24,25,30). The quantitative estimate of drug-likeness (QED) is 0.447. The van der Waals surface area contributed by atoms with Crippen molar-refractivity contribution in [1.29, 1.82) is 0 Å². The fourth-order valence-corrected chi connectivity index (χ4v) is 2.78. The first-order valence-electron chi connectivity index (χ1n) is 9.15. The first kappa shape index (κ1) is 23.6. The van der Waals surface area contributed by atoms with Gasteiger partial charge in [-0.05, 0) is 76.3 Å². The molecule has 160 valence electrons. The van der Waals surface area contributed by atoms with Crippen LogP contribution >= 0.6 is 23.8 Å². The van der Waals surface area contributed by atoms with Crippen molar-refractivity contribution in [3.05, 3.63) is 58.4 Å². The molecule has 0 fully saturated rings. The minimum Gasteiger partial charge on any atom is -0.459 e. The Balaban J connectivity index is 2.27. The van der Waals surface area contributed by atoms with Crippen LogP contribution in [0.15, 0.2) is 36.4 Å². The van der Waals surface area contributed by atoms with E-state index in [-0.39, 0.29) is 33.5 Å². The summed E-state index contributed by atoms with van der Waals surface area (Å²) in [4.78, 5) is 24.7. The van der Waals surface area contributed by atoms with Gasteiger partial charge in [-0.1, -0.05) is 11.6 Å². The summed E-state index contributed by atoms with van der Waals surface area (Å²) in [5.74, 6) is -1.72. The monoisotopic (exact) mass is 452 g/mol. The molecule has 0 heterocycles. The van der Waals surface area contributed by atoms with Crippen LogP contribution in [0.25, 0.3) is 0 Å². The van der Waals surface area contributed by atoms with Crippen LogP contribution in [0.2, 0.25) is 5.02 Å². The molecule has 0 aromatic heterocycles. The maximum Gasteiger partial charge on any atom is 0.338 e. The zero-order valence-corrected chi connectivity index (χ0v) is 18.5. The molecule has 0 aliphatic carbocycles. The van der Waals surface area contributed by atoms with Crippen molar-refractivity contribution in [2.75, 3.05) is 10.6 Å². The predicted octanol–water partition coefficient (Wildman–Crippen LogP) is 5.42. The van der Waals surface area contributed by atoms with Gasteiger partial charge >= 0.3 is 11.9 Å². The maximum atomic E-state index is 13.3. The molecule has 2 aromatic rings. The van der Waals surface area contributed by atoms with E-state index in [1.165, 1.54) is 36.4 Å². The van der Waals surface area contributed by atoms with E-state index in [0.717, 1.165) is 0 Å². The fourth-order valence-electron chi connectivity index (χ4n) is 2.37. The number of esters is 2. The summed E-state index contributed by atoms with van der Waals surface area (Å²) in [7, 11) is 0. The number of ether oxygens (including phenoxy) is 2. The fraction of sp³-hybridized carbons (Fsp3) is 0.286. The summed E-state index contributed by atoms with van der Waals surface area (Å²) >= 11 is 11.0. The largest absolute Gasteiger partial charge is 0.459 e. The Morgan fingerprint density at radius 2 is 1.40 bits per heavy atom. The lowest BCUT2D eigenvalue weighted by molar-refractivity contribution is 0.0377. The van der Waals surface area contributed by atoms with E-state index in [1.54, 1.807) is 27.7 Å². The van der Waals surface area contributed by atoms with Crippen LogP contribution in [0, 0.1) is 5.82 Å². The summed E-state index contributed by atoms with van der Waals surface area (Å²) in [6.07, 6.45) is -0.655. The average Bonchev–Trinajstić information content (AvgIpc) is 2.63. The zero-order valence-electron chi connectivity index (χ0n) is 16.9. The van der Waals surface area contributed by atoms with Gasteiger partial charge in [-0.15, -0.1) is 0 Å². The van der Waals surface area contributed by atoms with Crippen molar-refractivity contribution in [3.8, 4) is 0 Å². The number of carbonyl (C=O) groups excluding carboxylic acids is 2. The van der Waals surface area contributed by atoms with Crippen molar-refractivity contribution in [2.45, 2.75) is 39.9 Å². The van der Waals surface area contributed by atoms with Crippen LogP contribution in [-0.4, -0.2) is 29.3 Å². The Kier molecular flexibility index (Phi) is 8.14. The van der Waals surface area contributed by atoms with Gasteiger partial charge in [0.15, 0.2) is 5.11 Å². The SMILES string of the molecule is CC(C)OC(=O)c1cc(NC(=S)Nc2ccc(F)c(Cl)c2)cc(C(=O)OC(C)C)c1. The second kappa shape index (κ2) is 10.4. The van der Waals surface area contributed by atoms with Crippen LogP contribution in [0.4, 0.5) is 15.8 Å². The third-order valence-electron chi connectivity index (χ3n) is 3.53. The third-order valence-corrected chi connectivity index (χ3v) is 4.02. The van der Waals surface area contributed by atoms with E-state index in [4.69, 9.17) is 33.3 Å². The van der Waals surface area contributed by atoms with Crippen molar-refractivity contribution in [2.24, 2.45) is 0 Å². The highest BCUT2D eigenvalue weighted by Crippen LogP contribution is 2.21. The summed E-state index contributed by atoms with van der Waals surface area (Å²) in [6, 6.07) is 8.46.